The van der Waals surface area contributed by atoms with Crippen molar-refractivity contribution in [3.8, 4) is 23.8 Å². The Labute approximate surface area is 180 Å². The molecule has 3 rings (SSSR count). The summed E-state index contributed by atoms with van der Waals surface area (Å²) in [5.74, 6) is 1.82. The Balaban J connectivity index is 2.00. The summed E-state index contributed by atoms with van der Waals surface area (Å²) in [5.41, 5.74) is 1.63. The van der Waals surface area contributed by atoms with Crippen molar-refractivity contribution < 1.29 is 23.9 Å². The number of carbonyl (C=O) groups excluding carboxylic acids is 3. The number of nitrogens with zero attached hydrogens (tertiary/aromatic N) is 1. The number of nitrogens with one attached hydrogen (secondary N) is 1. The van der Waals surface area contributed by atoms with Crippen LogP contribution in [0.15, 0.2) is 48.0 Å². The first kappa shape index (κ1) is 21.7. The molecule has 0 spiro atoms. The number of hydrogen-bond donors (Lipinski definition) is 1. The quantitative estimate of drug-likeness (QED) is 0.424. The molecule has 0 saturated carbocycles. The number of hydrogen-bond acceptors (Lipinski definition) is 5. The first-order valence-corrected chi connectivity index (χ1v) is 9.82. The van der Waals surface area contributed by atoms with Crippen LogP contribution in [0.3, 0.4) is 0 Å². The highest BCUT2D eigenvalue weighted by Gasteiger charge is 2.37. The molecule has 1 fully saturated rings. The van der Waals surface area contributed by atoms with Crippen molar-refractivity contribution in [1.29, 1.82) is 0 Å². The SMILES string of the molecule is C#CCOc1ccc(/C=C2\C(=O)NC(=O)N(c3ccccc3CC)C2=O)cc1OCC. The summed E-state index contributed by atoms with van der Waals surface area (Å²) in [5, 5.41) is 2.24. The predicted octanol–water partition coefficient (Wildman–Crippen LogP) is 3.33. The van der Waals surface area contributed by atoms with E-state index in [1.807, 2.05) is 26.0 Å². The van der Waals surface area contributed by atoms with Gasteiger partial charge in [-0.05, 0) is 48.7 Å². The van der Waals surface area contributed by atoms with Crippen LogP contribution in [-0.2, 0) is 16.0 Å². The number of aryl methyl sites for hydroxylation is 1. The van der Waals surface area contributed by atoms with E-state index in [9.17, 15) is 14.4 Å². The molecule has 7 nitrogen and oxygen atoms in total. The molecule has 0 aliphatic carbocycles. The lowest BCUT2D eigenvalue weighted by Crippen LogP contribution is -2.54. The lowest BCUT2D eigenvalue weighted by atomic mass is 10.0. The van der Waals surface area contributed by atoms with Crippen LogP contribution in [0.1, 0.15) is 25.0 Å². The highest BCUT2D eigenvalue weighted by atomic mass is 16.5. The summed E-state index contributed by atoms with van der Waals surface area (Å²) < 4.78 is 11.0. The molecule has 0 aromatic heterocycles. The minimum absolute atomic E-state index is 0.0787. The van der Waals surface area contributed by atoms with E-state index in [2.05, 4.69) is 11.2 Å². The summed E-state index contributed by atoms with van der Waals surface area (Å²) in [6.45, 7) is 4.21. The maximum atomic E-state index is 13.1. The van der Waals surface area contributed by atoms with Crippen LogP contribution in [0.2, 0.25) is 0 Å². The number of para-hydroxylation sites is 1. The van der Waals surface area contributed by atoms with Gasteiger partial charge in [0, 0.05) is 0 Å². The molecule has 0 bridgehead atoms. The van der Waals surface area contributed by atoms with E-state index in [0.717, 1.165) is 10.5 Å². The van der Waals surface area contributed by atoms with E-state index in [0.29, 0.717) is 35.8 Å². The molecule has 1 heterocycles. The van der Waals surface area contributed by atoms with Crippen molar-refractivity contribution in [1.82, 2.24) is 5.32 Å². The maximum Gasteiger partial charge on any atom is 0.335 e. The first-order chi connectivity index (χ1) is 15.0. The smallest absolute Gasteiger partial charge is 0.335 e. The molecule has 0 unspecified atom stereocenters. The van der Waals surface area contributed by atoms with E-state index >= 15 is 0 Å². The van der Waals surface area contributed by atoms with Crippen molar-refractivity contribution in [2.45, 2.75) is 20.3 Å². The molecule has 1 N–H and O–H groups in total. The highest BCUT2D eigenvalue weighted by molar-refractivity contribution is 6.39. The molecule has 2 aromatic rings. The average molecular weight is 418 g/mol. The number of carbonyl (C=O) groups is 3. The number of urea groups is 1. The third-order valence-corrected chi connectivity index (χ3v) is 4.60. The van der Waals surface area contributed by atoms with E-state index in [1.54, 1.807) is 30.3 Å². The van der Waals surface area contributed by atoms with Gasteiger partial charge in [-0.15, -0.1) is 6.42 Å². The molecule has 0 atom stereocenters. The second-order valence-corrected chi connectivity index (χ2v) is 6.57. The zero-order chi connectivity index (χ0) is 22.4. The largest absolute Gasteiger partial charge is 0.490 e. The Bertz CT molecular complexity index is 1100. The van der Waals surface area contributed by atoms with Crippen molar-refractivity contribution in [2.75, 3.05) is 18.1 Å². The van der Waals surface area contributed by atoms with Gasteiger partial charge >= 0.3 is 6.03 Å². The van der Waals surface area contributed by atoms with E-state index < -0.39 is 17.8 Å². The molecule has 0 radical (unpaired) electrons. The van der Waals surface area contributed by atoms with Crippen molar-refractivity contribution >= 4 is 29.6 Å². The Morgan fingerprint density at radius 2 is 1.84 bits per heavy atom. The Morgan fingerprint density at radius 1 is 1.06 bits per heavy atom. The number of benzene rings is 2. The topological polar surface area (TPSA) is 84.9 Å². The number of barbiturate groups is 1. The van der Waals surface area contributed by atoms with Gasteiger partial charge in [0.05, 0.1) is 12.3 Å². The number of amides is 4. The minimum atomic E-state index is -0.777. The van der Waals surface area contributed by atoms with Crippen LogP contribution < -0.4 is 19.7 Å². The molecule has 1 saturated heterocycles. The number of anilines is 1. The Kier molecular flexibility index (Phi) is 6.73. The van der Waals surface area contributed by atoms with Crippen LogP contribution in [0, 0.1) is 12.3 Å². The molecule has 1 aliphatic rings. The predicted molar refractivity (Wildman–Crippen MR) is 117 cm³/mol. The molecular weight excluding hydrogens is 396 g/mol. The molecule has 158 valence electrons. The summed E-state index contributed by atoms with van der Waals surface area (Å²) >= 11 is 0. The fourth-order valence-electron chi connectivity index (χ4n) is 3.19. The summed E-state index contributed by atoms with van der Waals surface area (Å²) in [6, 6.07) is 11.3. The second kappa shape index (κ2) is 9.63. The standard InChI is InChI=1S/C24H22N2O5/c1-4-13-31-20-12-11-16(15-21(20)30-6-3)14-18-22(27)25-24(29)26(23(18)28)19-10-8-7-9-17(19)5-2/h1,7-12,14-15H,5-6,13H2,2-3H3,(H,25,27,29)/b18-14+. The second-order valence-electron chi connectivity index (χ2n) is 6.57. The van der Waals surface area contributed by atoms with Crippen molar-refractivity contribution in [3.63, 3.8) is 0 Å². The van der Waals surface area contributed by atoms with Gasteiger partial charge in [-0.25, -0.2) is 9.69 Å². The monoisotopic (exact) mass is 418 g/mol. The lowest BCUT2D eigenvalue weighted by molar-refractivity contribution is -0.122. The number of ether oxygens (including phenoxy) is 2. The molecule has 7 heteroatoms. The van der Waals surface area contributed by atoms with Crippen LogP contribution in [0.5, 0.6) is 11.5 Å². The third-order valence-electron chi connectivity index (χ3n) is 4.60. The van der Waals surface area contributed by atoms with Gasteiger partial charge in [-0.3, -0.25) is 14.9 Å². The van der Waals surface area contributed by atoms with Crippen LogP contribution in [-0.4, -0.2) is 31.1 Å². The van der Waals surface area contributed by atoms with E-state index in [-0.39, 0.29) is 12.2 Å². The molecule has 31 heavy (non-hydrogen) atoms. The van der Waals surface area contributed by atoms with Gasteiger partial charge < -0.3 is 9.47 Å². The lowest BCUT2D eigenvalue weighted by Gasteiger charge is -2.28. The van der Waals surface area contributed by atoms with Gasteiger partial charge in [-0.2, -0.15) is 0 Å². The average Bonchev–Trinajstić information content (AvgIpc) is 2.76. The molecule has 4 amide bonds. The highest BCUT2D eigenvalue weighted by Crippen LogP contribution is 2.30. The molecule has 2 aromatic carbocycles. The first-order valence-electron chi connectivity index (χ1n) is 9.82. The van der Waals surface area contributed by atoms with E-state index in [1.165, 1.54) is 6.08 Å². The number of terminal acetylenes is 1. The fourth-order valence-corrected chi connectivity index (χ4v) is 3.19. The van der Waals surface area contributed by atoms with Crippen LogP contribution in [0.4, 0.5) is 10.5 Å². The summed E-state index contributed by atoms with van der Waals surface area (Å²) in [7, 11) is 0. The van der Waals surface area contributed by atoms with Gasteiger partial charge in [0.15, 0.2) is 11.5 Å². The van der Waals surface area contributed by atoms with Crippen molar-refractivity contribution in [2.24, 2.45) is 0 Å². The van der Waals surface area contributed by atoms with E-state index in [4.69, 9.17) is 15.9 Å². The van der Waals surface area contributed by atoms with Gasteiger partial charge in [0.25, 0.3) is 11.8 Å². The number of rotatable bonds is 7. The normalized spacial score (nSPS) is 14.9. The van der Waals surface area contributed by atoms with Crippen LogP contribution >= 0.6 is 0 Å². The summed E-state index contributed by atoms with van der Waals surface area (Å²) in [4.78, 5) is 39.0. The zero-order valence-electron chi connectivity index (χ0n) is 17.3. The number of imide groups is 2. The molecule has 1 aliphatic heterocycles. The zero-order valence-corrected chi connectivity index (χ0v) is 17.3. The van der Waals surface area contributed by atoms with Gasteiger partial charge in [0.1, 0.15) is 12.2 Å². The van der Waals surface area contributed by atoms with Gasteiger partial charge in [0.2, 0.25) is 0 Å². The fraction of sp³-hybridized carbons (Fsp3) is 0.208. The van der Waals surface area contributed by atoms with Crippen LogP contribution in [0.25, 0.3) is 6.08 Å². The maximum absolute atomic E-state index is 13.1. The Hall–Kier alpha value is -4.05. The Morgan fingerprint density at radius 3 is 2.55 bits per heavy atom. The van der Waals surface area contributed by atoms with Crippen molar-refractivity contribution in [3.05, 3.63) is 59.2 Å². The third kappa shape index (κ3) is 4.59. The minimum Gasteiger partial charge on any atom is -0.490 e. The molecular formula is C24H22N2O5. The van der Waals surface area contributed by atoms with Gasteiger partial charge in [-0.1, -0.05) is 37.1 Å². The summed E-state index contributed by atoms with van der Waals surface area (Å²) in [6.07, 6.45) is 7.28.